The van der Waals surface area contributed by atoms with Crippen LogP contribution in [0.4, 0.5) is 5.82 Å². The smallest absolute Gasteiger partial charge is 0.241 e. The summed E-state index contributed by atoms with van der Waals surface area (Å²) in [6.45, 7) is 0.978. The van der Waals surface area contributed by atoms with E-state index >= 15 is 0 Å². The monoisotopic (exact) mass is 451 g/mol. The van der Waals surface area contributed by atoms with Crippen LogP contribution in [0.25, 0.3) is 11.0 Å². The molecule has 3 N–H and O–H groups in total. The first-order valence-corrected chi connectivity index (χ1v) is 11.6. The van der Waals surface area contributed by atoms with Crippen LogP contribution in [0.15, 0.2) is 76.0 Å². The number of pyridine rings is 1. The van der Waals surface area contributed by atoms with Gasteiger partial charge in [-0.05, 0) is 36.4 Å². The third-order valence-corrected chi connectivity index (χ3v) is 6.54. The molecule has 0 bridgehead atoms. The molecule has 164 valence electrons. The van der Waals surface area contributed by atoms with Crippen molar-refractivity contribution in [1.29, 1.82) is 0 Å². The van der Waals surface area contributed by atoms with E-state index in [1.165, 1.54) is 12.1 Å². The zero-order chi connectivity index (χ0) is 22.1. The third-order valence-electron chi connectivity index (χ3n) is 5.12. The fourth-order valence-electron chi connectivity index (χ4n) is 3.57. The van der Waals surface area contributed by atoms with E-state index in [0.29, 0.717) is 41.7 Å². The third kappa shape index (κ3) is 4.00. The zero-order valence-corrected chi connectivity index (χ0v) is 17.8. The van der Waals surface area contributed by atoms with Gasteiger partial charge in [-0.25, -0.2) is 13.4 Å². The molecule has 1 unspecified atom stereocenters. The molecule has 0 saturated carbocycles. The van der Waals surface area contributed by atoms with Crippen molar-refractivity contribution < 1.29 is 22.3 Å². The van der Waals surface area contributed by atoms with Crippen LogP contribution in [0.5, 0.6) is 11.5 Å². The normalized spacial score (nSPS) is 14.8. The van der Waals surface area contributed by atoms with Gasteiger partial charge in [0.15, 0.2) is 11.5 Å². The number of aromatic nitrogens is 1. The molecule has 5 rings (SSSR count). The van der Waals surface area contributed by atoms with E-state index in [1.54, 1.807) is 30.3 Å². The summed E-state index contributed by atoms with van der Waals surface area (Å²) in [7, 11) is -3.98. The largest absolute Gasteiger partial charge is 0.490 e. The Labute approximate surface area is 185 Å². The van der Waals surface area contributed by atoms with E-state index in [9.17, 15) is 8.42 Å². The SMILES string of the molecule is Nc1cccc(C(NS(=O)(=O)c2ccc3c(c2)OCCCO3)c2cc3ccccc3o2)n1. The van der Waals surface area contributed by atoms with Crippen molar-refractivity contribution in [1.82, 2.24) is 9.71 Å². The Kier molecular flexibility index (Phi) is 5.20. The lowest BCUT2D eigenvalue weighted by Crippen LogP contribution is -2.30. The number of hydrogen-bond acceptors (Lipinski definition) is 7. The minimum Gasteiger partial charge on any atom is -0.490 e. The van der Waals surface area contributed by atoms with Crippen molar-refractivity contribution in [3.63, 3.8) is 0 Å². The van der Waals surface area contributed by atoms with Crippen molar-refractivity contribution in [2.24, 2.45) is 0 Å². The number of para-hydroxylation sites is 1. The maximum Gasteiger partial charge on any atom is 0.241 e. The van der Waals surface area contributed by atoms with Gasteiger partial charge in [0.05, 0.1) is 23.8 Å². The number of rotatable bonds is 5. The molecule has 0 spiro atoms. The predicted molar refractivity (Wildman–Crippen MR) is 119 cm³/mol. The molecule has 9 heteroatoms. The number of nitrogen functional groups attached to an aromatic ring is 1. The first-order chi connectivity index (χ1) is 15.5. The van der Waals surface area contributed by atoms with Gasteiger partial charge in [-0.1, -0.05) is 24.3 Å². The first kappa shape index (κ1) is 20.3. The summed E-state index contributed by atoms with van der Waals surface area (Å²) in [5, 5.41) is 0.853. The summed E-state index contributed by atoms with van der Waals surface area (Å²) in [6.07, 6.45) is 0.726. The van der Waals surface area contributed by atoms with Gasteiger partial charge in [0.1, 0.15) is 23.2 Å². The molecule has 2 aromatic carbocycles. The topological polar surface area (TPSA) is 117 Å². The summed E-state index contributed by atoms with van der Waals surface area (Å²) < 4.78 is 46.6. The molecular formula is C23H21N3O5S. The lowest BCUT2D eigenvalue weighted by atomic mass is 10.1. The highest BCUT2D eigenvalue weighted by atomic mass is 32.2. The molecule has 1 aliphatic rings. The molecule has 32 heavy (non-hydrogen) atoms. The Morgan fingerprint density at radius 1 is 0.938 bits per heavy atom. The quantitative estimate of drug-likeness (QED) is 0.476. The molecule has 0 saturated heterocycles. The number of nitrogens with one attached hydrogen (secondary N) is 1. The van der Waals surface area contributed by atoms with Crippen LogP contribution in [0, 0.1) is 0 Å². The van der Waals surface area contributed by atoms with Gasteiger partial charge in [0.2, 0.25) is 10.0 Å². The van der Waals surface area contributed by atoms with Gasteiger partial charge >= 0.3 is 0 Å². The molecule has 1 atom stereocenters. The summed E-state index contributed by atoms with van der Waals surface area (Å²) in [5.41, 5.74) is 6.93. The maximum absolute atomic E-state index is 13.4. The molecule has 1 aliphatic heterocycles. The average molecular weight is 452 g/mol. The van der Waals surface area contributed by atoms with Gasteiger partial charge in [-0.15, -0.1) is 0 Å². The van der Waals surface area contributed by atoms with E-state index in [0.717, 1.165) is 11.8 Å². The van der Waals surface area contributed by atoms with Gasteiger partial charge in [0, 0.05) is 17.9 Å². The lowest BCUT2D eigenvalue weighted by molar-refractivity contribution is 0.297. The number of furan rings is 1. The standard InChI is InChI=1S/C23H21N3O5S/c24-22-8-3-6-17(25-22)23(21-13-15-5-1-2-7-18(15)31-21)26-32(27,28)16-9-10-19-20(14-16)30-12-4-11-29-19/h1-3,5-10,13-14,23,26H,4,11-12H2,(H2,24,25). The first-order valence-electron chi connectivity index (χ1n) is 10.1. The van der Waals surface area contributed by atoms with Crippen LogP contribution in [0.2, 0.25) is 0 Å². The van der Waals surface area contributed by atoms with E-state index in [4.69, 9.17) is 19.6 Å². The van der Waals surface area contributed by atoms with Gasteiger partial charge in [0.25, 0.3) is 0 Å². The number of ether oxygens (including phenoxy) is 2. The number of fused-ring (bicyclic) bond motifs is 2. The highest BCUT2D eigenvalue weighted by Gasteiger charge is 2.28. The van der Waals surface area contributed by atoms with Crippen LogP contribution < -0.4 is 19.9 Å². The van der Waals surface area contributed by atoms with Crippen LogP contribution in [-0.4, -0.2) is 26.6 Å². The Bertz CT molecular complexity index is 1350. The molecule has 0 fully saturated rings. The molecular weight excluding hydrogens is 430 g/mol. The lowest BCUT2D eigenvalue weighted by Gasteiger charge is -2.17. The second kappa shape index (κ2) is 8.18. The molecule has 0 radical (unpaired) electrons. The number of nitrogens with zero attached hydrogens (tertiary/aromatic N) is 1. The number of nitrogens with two attached hydrogens (primary N) is 1. The van der Waals surface area contributed by atoms with Crippen molar-refractivity contribution in [2.45, 2.75) is 17.4 Å². The van der Waals surface area contributed by atoms with Crippen molar-refractivity contribution in [2.75, 3.05) is 18.9 Å². The predicted octanol–water partition coefficient (Wildman–Crippen LogP) is 3.64. The number of sulfonamides is 1. The van der Waals surface area contributed by atoms with Crippen molar-refractivity contribution >= 4 is 26.8 Å². The number of hydrogen-bond donors (Lipinski definition) is 2. The Morgan fingerprint density at radius 3 is 2.56 bits per heavy atom. The number of benzene rings is 2. The highest BCUT2D eigenvalue weighted by Crippen LogP contribution is 2.34. The van der Waals surface area contributed by atoms with E-state index < -0.39 is 16.1 Å². The fraction of sp³-hybridized carbons (Fsp3) is 0.174. The van der Waals surface area contributed by atoms with Crippen LogP contribution >= 0.6 is 0 Å². The molecule has 0 amide bonds. The second-order valence-electron chi connectivity index (χ2n) is 7.39. The molecule has 8 nitrogen and oxygen atoms in total. The average Bonchev–Trinajstić information content (AvgIpc) is 3.07. The van der Waals surface area contributed by atoms with E-state index in [2.05, 4.69) is 9.71 Å². The molecule has 3 heterocycles. The van der Waals surface area contributed by atoms with E-state index in [-0.39, 0.29) is 10.7 Å². The van der Waals surface area contributed by atoms with Crippen LogP contribution in [0.1, 0.15) is 23.9 Å². The van der Waals surface area contributed by atoms with Gasteiger partial charge in [-0.2, -0.15) is 4.72 Å². The summed E-state index contributed by atoms with van der Waals surface area (Å²) >= 11 is 0. The van der Waals surface area contributed by atoms with Gasteiger partial charge < -0.3 is 19.6 Å². The minimum atomic E-state index is -3.98. The van der Waals surface area contributed by atoms with Crippen molar-refractivity contribution in [3.8, 4) is 11.5 Å². The summed E-state index contributed by atoms with van der Waals surface area (Å²) in [6, 6.07) is 18.0. The van der Waals surface area contributed by atoms with Gasteiger partial charge in [-0.3, -0.25) is 0 Å². The summed E-state index contributed by atoms with van der Waals surface area (Å²) in [5.74, 6) is 1.60. The fourth-order valence-corrected chi connectivity index (χ4v) is 4.77. The Balaban J connectivity index is 1.55. The summed E-state index contributed by atoms with van der Waals surface area (Å²) in [4.78, 5) is 4.37. The Morgan fingerprint density at radius 2 is 1.75 bits per heavy atom. The molecule has 2 aromatic heterocycles. The van der Waals surface area contributed by atoms with Crippen LogP contribution in [0.3, 0.4) is 0 Å². The minimum absolute atomic E-state index is 0.0479. The van der Waals surface area contributed by atoms with Crippen LogP contribution in [-0.2, 0) is 10.0 Å². The molecule has 0 aliphatic carbocycles. The maximum atomic E-state index is 13.4. The second-order valence-corrected chi connectivity index (χ2v) is 9.10. The number of anilines is 1. The Hall–Kier alpha value is -3.56. The van der Waals surface area contributed by atoms with E-state index in [1.807, 2.05) is 24.3 Å². The van der Waals surface area contributed by atoms with Crippen molar-refractivity contribution in [3.05, 3.63) is 78.2 Å². The highest BCUT2D eigenvalue weighted by molar-refractivity contribution is 7.89. The molecule has 4 aromatic rings. The zero-order valence-electron chi connectivity index (χ0n) is 17.0.